The molecule has 0 aliphatic carbocycles. The second-order valence-electron chi connectivity index (χ2n) is 8.23. The van der Waals surface area contributed by atoms with Gasteiger partial charge in [-0.2, -0.15) is 0 Å². The highest BCUT2D eigenvalue weighted by Gasteiger charge is 2.24. The molecule has 9 nitrogen and oxygen atoms in total. The van der Waals surface area contributed by atoms with E-state index in [1.165, 1.54) is 24.8 Å². The van der Waals surface area contributed by atoms with Crippen molar-refractivity contribution >= 4 is 46.1 Å². The maximum absolute atomic E-state index is 13.7. The summed E-state index contributed by atoms with van der Waals surface area (Å²) in [6.45, 7) is 0. The van der Waals surface area contributed by atoms with Crippen molar-refractivity contribution in [2.24, 2.45) is 0 Å². The molecule has 2 aliphatic heterocycles. The molecular formula is C29H22ClN7O2. The first-order valence-electron chi connectivity index (χ1n) is 11.9. The lowest BCUT2D eigenvalue weighted by Gasteiger charge is -2.21. The van der Waals surface area contributed by atoms with Crippen LogP contribution in [0.5, 0.6) is 0 Å². The average Bonchev–Trinajstić information content (AvgIpc) is 3.40. The predicted molar refractivity (Wildman–Crippen MR) is 152 cm³/mol. The molecule has 2 amide bonds. The van der Waals surface area contributed by atoms with Crippen molar-refractivity contribution in [1.29, 1.82) is 0 Å². The molecule has 2 aromatic heterocycles. The minimum Gasteiger partial charge on any atom is -0.368 e. The van der Waals surface area contributed by atoms with Gasteiger partial charge < -0.3 is 21.3 Å². The second kappa shape index (κ2) is 11.8. The summed E-state index contributed by atoms with van der Waals surface area (Å²) in [6, 6.07) is 6.64. The Kier molecular flexibility index (Phi) is 7.71. The van der Waals surface area contributed by atoms with Gasteiger partial charge in [0.2, 0.25) is 0 Å². The van der Waals surface area contributed by atoms with Crippen LogP contribution in [0.15, 0.2) is 110 Å². The fraction of sp³-hybridized carbons (Fsp3) is 0. The average molecular weight is 536 g/mol. The summed E-state index contributed by atoms with van der Waals surface area (Å²) in [5, 5.41) is 12.4. The highest BCUT2D eigenvalue weighted by molar-refractivity contribution is 6.30. The zero-order chi connectivity index (χ0) is 27.0. The molecule has 0 radical (unpaired) electrons. The Morgan fingerprint density at radius 1 is 0.744 bits per heavy atom. The van der Waals surface area contributed by atoms with Gasteiger partial charge >= 0.3 is 0 Å². The van der Waals surface area contributed by atoms with Gasteiger partial charge in [-0.3, -0.25) is 14.6 Å². The summed E-state index contributed by atoms with van der Waals surface area (Å²) in [7, 11) is 0. The fourth-order valence-electron chi connectivity index (χ4n) is 3.98. The number of carbonyl (C=O) groups is 2. The lowest BCUT2D eigenvalue weighted by Crippen LogP contribution is -2.19. The van der Waals surface area contributed by atoms with E-state index in [0.29, 0.717) is 33.2 Å². The van der Waals surface area contributed by atoms with E-state index < -0.39 is 5.91 Å². The van der Waals surface area contributed by atoms with Gasteiger partial charge in [0.05, 0.1) is 11.2 Å². The second-order valence-corrected chi connectivity index (χ2v) is 8.67. The standard InChI is InChI=1S/C29H22ClN7O2/c30-21-5-8-25(35-17-21)37-28(38)22-6-7-23(36-29(39)24-18-33-15-16-34-24)27(20-4-2-12-32-14-10-20)26(22)19-3-1-11-31-13-9-19/h1-18,31-32H,(H,36,39)(H,35,37,38). The summed E-state index contributed by atoms with van der Waals surface area (Å²) >= 11 is 5.96. The third-order valence-corrected chi connectivity index (χ3v) is 5.92. The molecule has 0 saturated heterocycles. The van der Waals surface area contributed by atoms with Crippen LogP contribution in [0, 0.1) is 0 Å². The maximum Gasteiger partial charge on any atom is 0.275 e. The van der Waals surface area contributed by atoms with Crippen LogP contribution in [0.4, 0.5) is 11.5 Å². The third kappa shape index (κ3) is 6.00. The zero-order valence-corrected chi connectivity index (χ0v) is 21.2. The van der Waals surface area contributed by atoms with Crippen molar-refractivity contribution in [2.75, 3.05) is 10.6 Å². The molecule has 4 N–H and O–H groups in total. The predicted octanol–water partition coefficient (Wildman–Crippen LogP) is 5.06. The van der Waals surface area contributed by atoms with Gasteiger partial charge in [0.25, 0.3) is 11.8 Å². The summed E-state index contributed by atoms with van der Waals surface area (Å²) in [5.41, 5.74) is 3.77. The number of nitrogens with zero attached hydrogens (tertiary/aromatic N) is 3. The van der Waals surface area contributed by atoms with Gasteiger partial charge in [-0.25, -0.2) is 9.97 Å². The van der Waals surface area contributed by atoms with Gasteiger partial charge in [0, 0.05) is 65.8 Å². The number of halogens is 1. The number of allylic oxidation sites excluding steroid dienone is 8. The van der Waals surface area contributed by atoms with E-state index in [-0.39, 0.29) is 11.6 Å². The van der Waals surface area contributed by atoms with E-state index in [1.54, 1.807) is 49.1 Å². The van der Waals surface area contributed by atoms with Crippen molar-refractivity contribution in [3.8, 4) is 0 Å². The summed E-state index contributed by atoms with van der Waals surface area (Å²) in [5.74, 6) is -0.462. The lowest BCUT2D eigenvalue weighted by atomic mass is 9.87. The first-order chi connectivity index (χ1) is 19.1. The molecule has 0 saturated carbocycles. The van der Waals surface area contributed by atoms with Gasteiger partial charge in [-0.05, 0) is 59.7 Å². The largest absolute Gasteiger partial charge is 0.368 e. The zero-order valence-electron chi connectivity index (χ0n) is 20.4. The van der Waals surface area contributed by atoms with Crippen molar-refractivity contribution in [1.82, 2.24) is 25.6 Å². The molecule has 0 fully saturated rings. The minimum absolute atomic E-state index is 0.160. The van der Waals surface area contributed by atoms with Crippen LogP contribution >= 0.6 is 11.6 Å². The van der Waals surface area contributed by atoms with Crippen LogP contribution in [0.3, 0.4) is 0 Å². The Labute approximate surface area is 229 Å². The fourth-order valence-corrected chi connectivity index (χ4v) is 4.09. The van der Waals surface area contributed by atoms with Gasteiger partial charge in [0.1, 0.15) is 11.5 Å². The Morgan fingerprint density at radius 2 is 1.49 bits per heavy atom. The van der Waals surface area contributed by atoms with E-state index in [0.717, 1.165) is 11.1 Å². The minimum atomic E-state index is -0.434. The number of nitrogens with one attached hydrogen (secondary N) is 4. The molecule has 5 rings (SSSR count). The highest BCUT2D eigenvalue weighted by atomic mass is 35.5. The van der Waals surface area contributed by atoms with Gasteiger partial charge in [-0.1, -0.05) is 23.8 Å². The van der Waals surface area contributed by atoms with E-state index in [9.17, 15) is 9.59 Å². The van der Waals surface area contributed by atoms with Crippen molar-refractivity contribution < 1.29 is 9.59 Å². The Morgan fingerprint density at radius 3 is 2.15 bits per heavy atom. The smallest absolute Gasteiger partial charge is 0.275 e. The molecule has 10 heteroatoms. The molecule has 0 bridgehead atoms. The number of carbonyl (C=O) groups excluding carboxylic acids is 2. The van der Waals surface area contributed by atoms with Crippen LogP contribution in [0.2, 0.25) is 5.02 Å². The number of rotatable bonds is 6. The molecule has 4 heterocycles. The molecule has 39 heavy (non-hydrogen) atoms. The van der Waals surface area contributed by atoms with Crippen LogP contribution in [0.1, 0.15) is 32.0 Å². The van der Waals surface area contributed by atoms with E-state index >= 15 is 0 Å². The van der Waals surface area contributed by atoms with Crippen LogP contribution in [-0.2, 0) is 0 Å². The number of amides is 2. The number of hydrogen-bond acceptors (Lipinski definition) is 7. The van der Waals surface area contributed by atoms with E-state index in [1.807, 2.05) is 36.5 Å². The van der Waals surface area contributed by atoms with E-state index in [2.05, 4.69) is 36.2 Å². The van der Waals surface area contributed by atoms with Crippen molar-refractivity contribution in [3.05, 3.63) is 138 Å². The Balaban J connectivity index is 1.69. The number of benzene rings is 1. The summed E-state index contributed by atoms with van der Waals surface area (Å²) < 4.78 is 0. The number of hydrogen-bond donors (Lipinski definition) is 4. The molecule has 2 aliphatic rings. The summed E-state index contributed by atoms with van der Waals surface area (Å²) in [6.07, 6.45) is 24.1. The normalized spacial score (nSPS) is 13.8. The summed E-state index contributed by atoms with van der Waals surface area (Å²) in [4.78, 5) is 39.1. The van der Waals surface area contributed by atoms with E-state index in [4.69, 9.17) is 11.6 Å². The van der Waals surface area contributed by atoms with Gasteiger partial charge in [-0.15, -0.1) is 0 Å². The lowest BCUT2D eigenvalue weighted by molar-refractivity contribution is 0.101. The molecule has 0 spiro atoms. The molecule has 1 aromatic carbocycles. The molecule has 0 atom stereocenters. The third-order valence-electron chi connectivity index (χ3n) is 5.70. The molecular weight excluding hydrogens is 514 g/mol. The van der Waals surface area contributed by atoms with Crippen LogP contribution < -0.4 is 21.3 Å². The quantitative estimate of drug-likeness (QED) is 0.348. The molecule has 0 unspecified atom stereocenters. The van der Waals surface area contributed by atoms with Crippen molar-refractivity contribution in [3.63, 3.8) is 0 Å². The molecule has 192 valence electrons. The first kappa shape index (κ1) is 25.4. The maximum atomic E-state index is 13.7. The van der Waals surface area contributed by atoms with Crippen molar-refractivity contribution in [2.45, 2.75) is 0 Å². The first-order valence-corrected chi connectivity index (χ1v) is 12.2. The molecule has 3 aromatic rings. The monoisotopic (exact) mass is 535 g/mol. The van der Waals surface area contributed by atoms with Crippen LogP contribution in [0.25, 0.3) is 11.1 Å². The number of aromatic nitrogens is 3. The van der Waals surface area contributed by atoms with Crippen LogP contribution in [-0.4, -0.2) is 26.8 Å². The van der Waals surface area contributed by atoms with Gasteiger partial charge in [0.15, 0.2) is 0 Å². The SMILES string of the molecule is O=C(Nc1ccc(C(=O)Nc2ccc(Cl)cn2)c(C2=CC=CNC=C2)c1C1=CC=CNC=C1)c1cnccn1. The number of pyridine rings is 1. The topological polar surface area (TPSA) is 121 Å². The number of anilines is 2. The highest BCUT2D eigenvalue weighted by Crippen LogP contribution is 2.37. The Bertz CT molecular complexity index is 1590. The Hall–Kier alpha value is -5.28.